The zero-order chi connectivity index (χ0) is 11.3. The van der Waals surface area contributed by atoms with Crippen LogP contribution < -0.4 is 0 Å². The molecule has 0 saturated carbocycles. The molecule has 4 heteroatoms. The zero-order valence-electron chi connectivity index (χ0n) is 8.73. The number of carboxylic acid groups (broad SMARTS) is 1. The summed E-state index contributed by atoms with van der Waals surface area (Å²) in [4.78, 5) is 14.9. The molecule has 0 aliphatic carbocycles. The van der Waals surface area contributed by atoms with Gasteiger partial charge < -0.3 is 5.11 Å². The topological polar surface area (TPSA) is 50.2 Å². The van der Waals surface area contributed by atoms with Gasteiger partial charge in [-0.25, -0.2) is 9.78 Å². The predicted molar refractivity (Wildman–Crippen MR) is 61.4 cm³/mol. The van der Waals surface area contributed by atoms with E-state index in [1.165, 1.54) is 17.3 Å². The fourth-order valence-corrected chi connectivity index (χ4v) is 1.98. The van der Waals surface area contributed by atoms with E-state index in [4.69, 9.17) is 5.11 Å². The van der Waals surface area contributed by atoms with E-state index in [0.29, 0.717) is 5.03 Å². The molecule has 0 aliphatic heterocycles. The normalized spacial score (nSPS) is 9.73. The average molecular weight is 223 g/mol. The summed E-state index contributed by atoms with van der Waals surface area (Å²) in [5.41, 5.74) is 1.49. The monoisotopic (exact) mass is 223 g/mol. The minimum Gasteiger partial charge on any atom is -0.478 e. The molecule has 0 aliphatic rings. The van der Waals surface area contributed by atoms with Crippen molar-refractivity contribution in [3.8, 4) is 0 Å². The standard InChI is InChI=1S/C11H13NO2S/c1-8(2)5-7-15-10-9(11(13)14)4-3-6-12-10/h3-6H,7H2,1-2H3,(H,13,14). The van der Waals surface area contributed by atoms with Crippen LogP contribution in [0.3, 0.4) is 0 Å². The Morgan fingerprint density at radius 3 is 2.93 bits per heavy atom. The third-order valence-electron chi connectivity index (χ3n) is 1.71. The first-order valence-electron chi connectivity index (χ1n) is 4.55. The molecule has 0 unspecified atom stereocenters. The number of thioether (sulfide) groups is 1. The lowest BCUT2D eigenvalue weighted by Gasteiger charge is -2.01. The Bertz CT molecular complexity index is 384. The Balaban J connectivity index is 2.76. The Hall–Kier alpha value is -1.29. The van der Waals surface area contributed by atoms with Crippen LogP contribution in [0.1, 0.15) is 24.2 Å². The van der Waals surface area contributed by atoms with Gasteiger partial charge in [0, 0.05) is 11.9 Å². The van der Waals surface area contributed by atoms with Crippen LogP contribution in [0.2, 0.25) is 0 Å². The number of nitrogens with zero attached hydrogens (tertiary/aromatic N) is 1. The molecule has 0 atom stereocenters. The van der Waals surface area contributed by atoms with Gasteiger partial charge in [0.1, 0.15) is 5.03 Å². The van der Waals surface area contributed by atoms with Crippen molar-refractivity contribution in [2.24, 2.45) is 0 Å². The largest absolute Gasteiger partial charge is 0.478 e. The van der Waals surface area contributed by atoms with Crippen LogP contribution in [0.15, 0.2) is 35.0 Å². The number of rotatable bonds is 4. The highest BCUT2D eigenvalue weighted by atomic mass is 32.2. The summed E-state index contributed by atoms with van der Waals surface area (Å²) in [6.45, 7) is 4.02. The molecule has 80 valence electrons. The predicted octanol–water partition coefficient (Wildman–Crippen LogP) is 2.84. The summed E-state index contributed by atoms with van der Waals surface area (Å²) in [5.74, 6) is -0.178. The van der Waals surface area contributed by atoms with Crippen LogP contribution in [0, 0.1) is 0 Å². The molecule has 1 heterocycles. The molecule has 1 aromatic rings. The van der Waals surface area contributed by atoms with Crippen molar-refractivity contribution < 1.29 is 9.90 Å². The van der Waals surface area contributed by atoms with Gasteiger partial charge in [-0.05, 0) is 26.0 Å². The summed E-state index contributed by atoms with van der Waals surface area (Å²) in [7, 11) is 0. The van der Waals surface area contributed by atoms with E-state index in [1.54, 1.807) is 18.3 Å². The van der Waals surface area contributed by atoms with Crippen molar-refractivity contribution >= 4 is 17.7 Å². The fourth-order valence-electron chi connectivity index (χ4n) is 0.956. The number of pyridine rings is 1. The van der Waals surface area contributed by atoms with E-state index in [1.807, 2.05) is 19.9 Å². The summed E-state index contributed by atoms with van der Waals surface area (Å²) < 4.78 is 0. The lowest BCUT2D eigenvalue weighted by Crippen LogP contribution is -2.00. The molecule has 0 fully saturated rings. The molecule has 0 amide bonds. The van der Waals surface area contributed by atoms with Crippen molar-refractivity contribution in [2.45, 2.75) is 18.9 Å². The molecular weight excluding hydrogens is 210 g/mol. The lowest BCUT2D eigenvalue weighted by molar-refractivity contribution is 0.0692. The van der Waals surface area contributed by atoms with Gasteiger partial charge in [0.15, 0.2) is 0 Å². The van der Waals surface area contributed by atoms with Gasteiger partial charge in [-0.15, -0.1) is 11.8 Å². The van der Waals surface area contributed by atoms with E-state index >= 15 is 0 Å². The van der Waals surface area contributed by atoms with Gasteiger partial charge >= 0.3 is 5.97 Å². The first-order valence-corrected chi connectivity index (χ1v) is 5.54. The van der Waals surface area contributed by atoms with Crippen LogP contribution in [-0.2, 0) is 0 Å². The molecule has 0 bridgehead atoms. The Morgan fingerprint density at radius 1 is 1.60 bits per heavy atom. The second-order valence-electron chi connectivity index (χ2n) is 3.25. The number of aromatic carboxylic acids is 1. The third-order valence-corrected chi connectivity index (χ3v) is 2.65. The molecule has 1 aromatic heterocycles. The highest BCUT2D eigenvalue weighted by molar-refractivity contribution is 7.99. The number of hydrogen-bond acceptors (Lipinski definition) is 3. The van der Waals surface area contributed by atoms with Crippen molar-refractivity contribution in [2.75, 3.05) is 5.75 Å². The van der Waals surface area contributed by atoms with Crippen LogP contribution in [0.4, 0.5) is 0 Å². The average Bonchev–Trinajstić information content (AvgIpc) is 2.17. The summed E-state index contributed by atoms with van der Waals surface area (Å²) >= 11 is 1.44. The van der Waals surface area contributed by atoms with Gasteiger partial charge in [0.25, 0.3) is 0 Å². The maximum atomic E-state index is 10.9. The Labute approximate surface area is 93.2 Å². The third kappa shape index (κ3) is 3.75. The second-order valence-corrected chi connectivity index (χ2v) is 4.26. The first kappa shape index (κ1) is 11.8. The van der Waals surface area contributed by atoms with E-state index in [9.17, 15) is 4.79 Å². The Kier molecular flexibility index (Phi) is 4.37. The maximum absolute atomic E-state index is 10.9. The summed E-state index contributed by atoms with van der Waals surface area (Å²) in [5, 5.41) is 9.48. The van der Waals surface area contributed by atoms with Gasteiger partial charge in [-0.2, -0.15) is 0 Å². The van der Waals surface area contributed by atoms with Gasteiger partial charge in [0.05, 0.1) is 5.56 Å². The number of aromatic nitrogens is 1. The minimum atomic E-state index is -0.928. The van der Waals surface area contributed by atoms with Crippen LogP contribution in [-0.4, -0.2) is 21.8 Å². The number of hydrogen-bond donors (Lipinski definition) is 1. The van der Waals surface area contributed by atoms with Gasteiger partial charge in [-0.1, -0.05) is 11.6 Å². The first-order chi connectivity index (χ1) is 7.11. The van der Waals surface area contributed by atoms with Crippen molar-refractivity contribution in [1.82, 2.24) is 4.98 Å². The van der Waals surface area contributed by atoms with E-state index < -0.39 is 5.97 Å². The van der Waals surface area contributed by atoms with Crippen LogP contribution in [0.5, 0.6) is 0 Å². The zero-order valence-corrected chi connectivity index (χ0v) is 9.54. The molecule has 15 heavy (non-hydrogen) atoms. The number of carbonyl (C=O) groups is 1. The molecule has 0 spiro atoms. The minimum absolute atomic E-state index is 0.268. The molecule has 3 nitrogen and oxygen atoms in total. The molecule has 0 saturated heterocycles. The van der Waals surface area contributed by atoms with Crippen molar-refractivity contribution in [3.63, 3.8) is 0 Å². The number of carboxylic acids is 1. The smallest absolute Gasteiger partial charge is 0.338 e. The Morgan fingerprint density at radius 2 is 2.33 bits per heavy atom. The fraction of sp³-hybridized carbons (Fsp3) is 0.273. The van der Waals surface area contributed by atoms with Gasteiger partial charge in [0.2, 0.25) is 0 Å². The second kappa shape index (κ2) is 5.56. The van der Waals surface area contributed by atoms with Crippen molar-refractivity contribution in [3.05, 3.63) is 35.5 Å². The number of allylic oxidation sites excluding steroid dienone is 1. The van der Waals surface area contributed by atoms with Crippen LogP contribution >= 0.6 is 11.8 Å². The summed E-state index contributed by atoms with van der Waals surface area (Å²) in [6.07, 6.45) is 3.66. The molecule has 1 N–H and O–H groups in total. The molecule has 1 rings (SSSR count). The quantitative estimate of drug-likeness (QED) is 0.630. The maximum Gasteiger partial charge on any atom is 0.338 e. The molecule has 0 radical (unpaired) electrons. The van der Waals surface area contributed by atoms with E-state index in [0.717, 1.165) is 5.75 Å². The lowest BCUT2D eigenvalue weighted by atomic mass is 10.3. The van der Waals surface area contributed by atoms with E-state index in [-0.39, 0.29) is 5.56 Å². The van der Waals surface area contributed by atoms with Gasteiger partial charge in [-0.3, -0.25) is 0 Å². The van der Waals surface area contributed by atoms with E-state index in [2.05, 4.69) is 4.98 Å². The summed E-state index contributed by atoms with van der Waals surface area (Å²) in [6, 6.07) is 3.20. The highest BCUT2D eigenvalue weighted by Crippen LogP contribution is 2.20. The molecular formula is C11H13NO2S. The highest BCUT2D eigenvalue weighted by Gasteiger charge is 2.09. The molecule has 0 aromatic carbocycles. The SMILES string of the molecule is CC(C)=CCSc1ncccc1C(=O)O. The van der Waals surface area contributed by atoms with Crippen LogP contribution in [0.25, 0.3) is 0 Å². The van der Waals surface area contributed by atoms with Crippen molar-refractivity contribution in [1.29, 1.82) is 0 Å².